The van der Waals surface area contributed by atoms with Crippen molar-refractivity contribution in [2.24, 2.45) is 4.99 Å². The third-order valence-electron chi connectivity index (χ3n) is 4.69. The number of ether oxygens (including phenoxy) is 2. The van der Waals surface area contributed by atoms with E-state index in [1.54, 1.807) is 30.5 Å². The molecule has 0 bridgehead atoms. The molecule has 1 aliphatic heterocycles. The Kier molecular flexibility index (Phi) is 5.80. The van der Waals surface area contributed by atoms with Gasteiger partial charge in [-0.1, -0.05) is 72.8 Å². The van der Waals surface area contributed by atoms with Crippen molar-refractivity contribution >= 4 is 23.4 Å². The monoisotopic (exact) mass is 409 g/mol. The molecule has 154 valence electrons. The van der Waals surface area contributed by atoms with Crippen molar-refractivity contribution in [3.8, 4) is 0 Å². The summed E-state index contributed by atoms with van der Waals surface area (Å²) in [6.07, 6.45) is 5.26. The van der Waals surface area contributed by atoms with Gasteiger partial charge in [-0.05, 0) is 18.2 Å². The minimum Gasteiger partial charge on any atom is -0.453 e. The molecule has 31 heavy (non-hydrogen) atoms. The number of allylic oxidation sites excluding steroid dienone is 2. The normalized spacial score (nSPS) is 16.5. The van der Waals surface area contributed by atoms with E-state index < -0.39 is 5.79 Å². The predicted octanol–water partition coefficient (Wildman–Crippen LogP) is 6.33. The van der Waals surface area contributed by atoms with Crippen LogP contribution in [0.3, 0.4) is 0 Å². The van der Waals surface area contributed by atoms with Gasteiger partial charge in [-0.3, -0.25) is 9.79 Å². The number of aliphatic imine (C=N–C) groups is 1. The van der Waals surface area contributed by atoms with Crippen LogP contribution in [0.2, 0.25) is 0 Å². The first-order valence-electron chi connectivity index (χ1n) is 10.1. The third-order valence-corrected chi connectivity index (χ3v) is 4.69. The van der Waals surface area contributed by atoms with Crippen LogP contribution in [-0.4, -0.2) is 17.8 Å². The maximum absolute atomic E-state index is 12.9. The Morgan fingerprint density at radius 3 is 2.23 bits per heavy atom. The van der Waals surface area contributed by atoms with Crippen LogP contribution in [0, 0.1) is 0 Å². The zero-order valence-corrected chi connectivity index (χ0v) is 17.5. The molecule has 0 N–H and O–H groups in total. The molecule has 0 saturated heterocycles. The molecule has 0 amide bonds. The van der Waals surface area contributed by atoms with E-state index in [2.05, 4.69) is 4.99 Å². The molecular formula is C27H23NO3. The van der Waals surface area contributed by atoms with Gasteiger partial charge in [-0.2, -0.15) is 0 Å². The summed E-state index contributed by atoms with van der Waals surface area (Å²) in [6.45, 7) is 3.73. The quantitative estimate of drug-likeness (QED) is 0.365. The average molecular weight is 409 g/mol. The first-order chi connectivity index (χ1) is 15.0. The van der Waals surface area contributed by atoms with Gasteiger partial charge in [0.25, 0.3) is 0 Å². The number of carbonyl (C=O) groups is 1. The highest BCUT2D eigenvalue weighted by Crippen LogP contribution is 2.32. The van der Waals surface area contributed by atoms with Crippen LogP contribution in [0.4, 0.5) is 5.69 Å². The molecule has 4 nitrogen and oxygen atoms in total. The Morgan fingerprint density at radius 1 is 0.839 bits per heavy atom. The molecule has 0 saturated carbocycles. The minimum absolute atomic E-state index is 0.0595. The molecular weight excluding hydrogens is 386 g/mol. The summed E-state index contributed by atoms with van der Waals surface area (Å²) in [4.78, 5) is 17.4. The van der Waals surface area contributed by atoms with E-state index in [9.17, 15) is 4.79 Å². The second kappa shape index (κ2) is 8.84. The Bertz CT molecular complexity index is 1160. The minimum atomic E-state index is -0.805. The van der Waals surface area contributed by atoms with Crippen molar-refractivity contribution in [1.29, 1.82) is 0 Å². The van der Waals surface area contributed by atoms with Crippen molar-refractivity contribution in [1.82, 2.24) is 0 Å². The van der Waals surface area contributed by atoms with Crippen LogP contribution in [0.15, 0.2) is 108 Å². The van der Waals surface area contributed by atoms with E-state index in [4.69, 9.17) is 9.47 Å². The van der Waals surface area contributed by atoms with E-state index in [0.29, 0.717) is 22.6 Å². The fourth-order valence-corrected chi connectivity index (χ4v) is 3.30. The van der Waals surface area contributed by atoms with Gasteiger partial charge in [0, 0.05) is 42.8 Å². The number of benzene rings is 3. The molecule has 4 rings (SSSR count). The zero-order chi connectivity index (χ0) is 21.7. The van der Waals surface area contributed by atoms with Crippen LogP contribution in [0.5, 0.6) is 0 Å². The highest BCUT2D eigenvalue weighted by Gasteiger charge is 2.28. The molecule has 1 heterocycles. The fraction of sp³-hybridized carbons (Fsp3) is 0.111. The number of ketones is 1. The largest absolute Gasteiger partial charge is 0.453 e. The molecule has 3 aromatic carbocycles. The number of hydrogen-bond donors (Lipinski definition) is 0. The SMILES string of the molecule is CC1(C)OC(c2ccccc2)=C/C(=C\C=Nc2ccccc2C(=O)c2ccccc2)O1. The van der Waals surface area contributed by atoms with Gasteiger partial charge in [0.1, 0.15) is 11.5 Å². The van der Waals surface area contributed by atoms with E-state index >= 15 is 0 Å². The number of rotatable bonds is 5. The van der Waals surface area contributed by atoms with Gasteiger partial charge < -0.3 is 9.47 Å². The van der Waals surface area contributed by atoms with Crippen molar-refractivity contribution in [2.75, 3.05) is 0 Å². The molecule has 1 aliphatic rings. The summed E-state index contributed by atoms with van der Waals surface area (Å²) in [7, 11) is 0. The van der Waals surface area contributed by atoms with Gasteiger partial charge in [0.2, 0.25) is 5.79 Å². The van der Waals surface area contributed by atoms with E-state index in [-0.39, 0.29) is 5.78 Å². The molecule has 4 heteroatoms. The first kappa shape index (κ1) is 20.4. The lowest BCUT2D eigenvalue weighted by Gasteiger charge is -2.33. The summed E-state index contributed by atoms with van der Waals surface area (Å²) in [5, 5.41) is 0. The van der Waals surface area contributed by atoms with Crippen LogP contribution in [0.1, 0.15) is 35.3 Å². The Balaban J connectivity index is 1.61. The van der Waals surface area contributed by atoms with Gasteiger partial charge in [-0.25, -0.2) is 0 Å². The van der Waals surface area contributed by atoms with Gasteiger partial charge in [0.15, 0.2) is 5.78 Å². The molecule has 0 radical (unpaired) electrons. The van der Waals surface area contributed by atoms with Crippen LogP contribution in [0.25, 0.3) is 5.76 Å². The van der Waals surface area contributed by atoms with Crippen molar-refractivity contribution < 1.29 is 14.3 Å². The van der Waals surface area contributed by atoms with E-state index in [0.717, 1.165) is 11.3 Å². The molecule has 0 spiro atoms. The summed E-state index contributed by atoms with van der Waals surface area (Å²) < 4.78 is 11.9. The summed E-state index contributed by atoms with van der Waals surface area (Å²) in [5.41, 5.74) is 2.76. The van der Waals surface area contributed by atoms with Crippen molar-refractivity contribution in [3.05, 3.63) is 120 Å². The molecule has 0 unspecified atom stereocenters. The number of carbonyl (C=O) groups excluding carboxylic acids is 1. The van der Waals surface area contributed by atoms with Crippen molar-refractivity contribution in [2.45, 2.75) is 19.6 Å². The van der Waals surface area contributed by atoms with Crippen LogP contribution < -0.4 is 0 Å². The third kappa shape index (κ3) is 4.98. The van der Waals surface area contributed by atoms with E-state index in [1.165, 1.54) is 0 Å². The lowest BCUT2D eigenvalue weighted by Crippen LogP contribution is -2.30. The van der Waals surface area contributed by atoms with Gasteiger partial charge in [-0.15, -0.1) is 0 Å². The Morgan fingerprint density at radius 2 is 1.48 bits per heavy atom. The number of para-hydroxylation sites is 1. The summed E-state index contributed by atoms with van der Waals surface area (Å²) >= 11 is 0. The number of hydrogen-bond acceptors (Lipinski definition) is 4. The smallest absolute Gasteiger partial charge is 0.245 e. The standard InChI is InChI=1S/C27H23NO3/c1-27(2)30-22(19-25(31-27)20-11-5-3-6-12-20)17-18-28-24-16-10-9-15-23(24)26(29)21-13-7-4-8-14-21/h3-19H,1-2H3/b22-17+,28-18?. The summed E-state index contributed by atoms with van der Waals surface area (Å²) in [5.74, 6) is 0.499. The average Bonchev–Trinajstić information content (AvgIpc) is 2.79. The molecule has 0 aliphatic carbocycles. The first-order valence-corrected chi connectivity index (χ1v) is 10.1. The van der Waals surface area contributed by atoms with Gasteiger partial charge in [0.05, 0.1) is 5.69 Å². The van der Waals surface area contributed by atoms with Crippen LogP contribution in [-0.2, 0) is 9.47 Å². The second-order valence-electron chi connectivity index (χ2n) is 7.54. The molecule has 0 aromatic heterocycles. The van der Waals surface area contributed by atoms with Crippen LogP contribution >= 0.6 is 0 Å². The summed E-state index contributed by atoms with van der Waals surface area (Å²) in [6, 6.07) is 26.4. The van der Waals surface area contributed by atoms with E-state index in [1.807, 2.05) is 86.7 Å². The zero-order valence-electron chi connectivity index (χ0n) is 17.5. The molecule has 3 aromatic rings. The topological polar surface area (TPSA) is 47.9 Å². The highest BCUT2D eigenvalue weighted by molar-refractivity contribution is 6.12. The molecule has 0 fully saturated rings. The highest BCUT2D eigenvalue weighted by atomic mass is 16.7. The lowest BCUT2D eigenvalue weighted by atomic mass is 10.0. The Hall–Kier alpha value is -3.92. The number of nitrogens with zero attached hydrogens (tertiary/aromatic N) is 1. The Labute approximate surface area is 182 Å². The van der Waals surface area contributed by atoms with Crippen molar-refractivity contribution in [3.63, 3.8) is 0 Å². The molecule has 0 atom stereocenters. The lowest BCUT2D eigenvalue weighted by molar-refractivity contribution is -0.149. The second-order valence-corrected chi connectivity index (χ2v) is 7.54. The van der Waals surface area contributed by atoms with Gasteiger partial charge >= 0.3 is 0 Å². The fourth-order valence-electron chi connectivity index (χ4n) is 3.30. The predicted molar refractivity (Wildman–Crippen MR) is 123 cm³/mol. The maximum Gasteiger partial charge on any atom is 0.245 e. The maximum atomic E-state index is 12.9.